The van der Waals surface area contributed by atoms with Gasteiger partial charge in [-0.3, -0.25) is 0 Å². The van der Waals surface area contributed by atoms with Gasteiger partial charge in [-0.05, 0) is 12.1 Å². The van der Waals surface area contributed by atoms with Gasteiger partial charge in [-0.1, -0.05) is 0 Å². The van der Waals surface area contributed by atoms with Crippen molar-refractivity contribution in [3.63, 3.8) is 0 Å². The summed E-state index contributed by atoms with van der Waals surface area (Å²) in [5, 5.41) is 9.33. The van der Waals surface area contributed by atoms with Crippen LogP contribution in [-0.2, 0) is 4.74 Å². The molecule has 72 valence electrons. The van der Waals surface area contributed by atoms with Crippen LogP contribution in [0, 0.1) is 0 Å². The third-order valence-electron chi connectivity index (χ3n) is 1.57. The zero-order valence-electron chi connectivity index (χ0n) is 7.19. The number of rotatable bonds is 3. The normalized spacial score (nSPS) is 12.5. The van der Waals surface area contributed by atoms with Crippen LogP contribution < -0.4 is 5.73 Å². The smallest absolute Gasteiger partial charge is 0.348 e. The Bertz CT molecular complexity index is 297. The van der Waals surface area contributed by atoms with Gasteiger partial charge in [0, 0.05) is 11.4 Å². The predicted molar refractivity (Wildman–Crippen MR) is 49.7 cm³/mol. The van der Waals surface area contributed by atoms with Crippen molar-refractivity contribution in [1.29, 1.82) is 0 Å². The molecule has 0 spiro atoms. The van der Waals surface area contributed by atoms with Gasteiger partial charge in [-0.15, -0.1) is 11.3 Å². The van der Waals surface area contributed by atoms with Crippen LogP contribution in [0.5, 0.6) is 0 Å². The van der Waals surface area contributed by atoms with E-state index in [1.54, 1.807) is 12.1 Å². The van der Waals surface area contributed by atoms with Crippen LogP contribution in [0.25, 0.3) is 0 Å². The minimum Gasteiger partial charge on any atom is -0.465 e. The first-order valence-electron chi connectivity index (χ1n) is 3.75. The van der Waals surface area contributed by atoms with E-state index in [9.17, 15) is 9.90 Å². The van der Waals surface area contributed by atoms with Gasteiger partial charge < -0.3 is 15.6 Å². The molecule has 0 fully saturated rings. The third kappa shape index (κ3) is 2.27. The maximum Gasteiger partial charge on any atom is 0.348 e. The molecule has 0 saturated heterocycles. The first kappa shape index (κ1) is 10.2. The minimum absolute atomic E-state index is 0.154. The van der Waals surface area contributed by atoms with E-state index in [2.05, 4.69) is 4.74 Å². The van der Waals surface area contributed by atoms with Crippen LogP contribution in [0.1, 0.15) is 20.7 Å². The van der Waals surface area contributed by atoms with Crippen LogP contribution in [0.3, 0.4) is 0 Å². The van der Waals surface area contributed by atoms with E-state index in [0.717, 1.165) is 0 Å². The number of carbonyl (C=O) groups is 1. The molecular weight excluding hydrogens is 190 g/mol. The monoisotopic (exact) mass is 201 g/mol. The second-order valence-corrected chi connectivity index (χ2v) is 3.56. The number of aliphatic hydroxyl groups excluding tert-OH is 1. The summed E-state index contributed by atoms with van der Waals surface area (Å²) in [7, 11) is 1.32. The molecule has 0 amide bonds. The highest BCUT2D eigenvalue weighted by Crippen LogP contribution is 2.22. The average Bonchev–Trinajstić information content (AvgIpc) is 2.64. The highest BCUT2D eigenvalue weighted by Gasteiger charge is 2.12. The van der Waals surface area contributed by atoms with Crippen molar-refractivity contribution in [2.45, 2.75) is 6.10 Å². The van der Waals surface area contributed by atoms with Gasteiger partial charge >= 0.3 is 5.97 Å². The molecule has 0 aliphatic heterocycles. The summed E-state index contributed by atoms with van der Waals surface area (Å²) in [5.41, 5.74) is 5.26. The van der Waals surface area contributed by atoms with Gasteiger partial charge in [-0.2, -0.15) is 0 Å². The van der Waals surface area contributed by atoms with Gasteiger partial charge in [0.1, 0.15) is 11.0 Å². The number of nitrogens with two attached hydrogens (primary N) is 1. The molecule has 5 heteroatoms. The summed E-state index contributed by atoms with van der Waals surface area (Å²) in [6, 6.07) is 3.29. The molecule has 1 aromatic rings. The van der Waals surface area contributed by atoms with Gasteiger partial charge in [-0.25, -0.2) is 4.79 Å². The second kappa shape index (κ2) is 4.36. The van der Waals surface area contributed by atoms with Crippen molar-refractivity contribution in [3.8, 4) is 0 Å². The van der Waals surface area contributed by atoms with Crippen molar-refractivity contribution >= 4 is 17.3 Å². The van der Waals surface area contributed by atoms with Crippen molar-refractivity contribution < 1.29 is 14.6 Å². The number of methoxy groups -OCH3 is 1. The van der Waals surface area contributed by atoms with Crippen LogP contribution in [-0.4, -0.2) is 24.7 Å². The topological polar surface area (TPSA) is 72.5 Å². The Kier molecular flexibility index (Phi) is 3.41. The summed E-state index contributed by atoms with van der Waals surface area (Å²) >= 11 is 1.19. The fourth-order valence-electron chi connectivity index (χ4n) is 0.858. The SMILES string of the molecule is COC(=O)c1ccc([C@H](O)CN)s1. The number of hydrogen-bond donors (Lipinski definition) is 2. The quantitative estimate of drug-likeness (QED) is 0.699. The van der Waals surface area contributed by atoms with Gasteiger partial charge in [0.05, 0.1) is 7.11 Å². The summed E-state index contributed by atoms with van der Waals surface area (Å²) < 4.78 is 4.52. The van der Waals surface area contributed by atoms with E-state index in [1.807, 2.05) is 0 Å². The molecule has 0 radical (unpaired) electrons. The summed E-state index contributed by atoms with van der Waals surface area (Å²) in [4.78, 5) is 12.2. The van der Waals surface area contributed by atoms with Gasteiger partial charge in [0.2, 0.25) is 0 Å². The van der Waals surface area contributed by atoms with Gasteiger partial charge in [0.15, 0.2) is 0 Å². The molecule has 3 N–H and O–H groups in total. The van der Waals surface area contributed by atoms with Crippen LogP contribution in [0.15, 0.2) is 12.1 Å². The zero-order chi connectivity index (χ0) is 9.84. The van der Waals surface area contributed by atoms with Gasteiger partial charge in [0.25, 0.3) is 0 Å². The molecule has 0 aliphatic rings. The fourth-order valence-corrected chi connectivity index (χ4v) is 1.78. The molecule has 1 rings (SSSR count). The maximum absolute atomic E-state index is 11.0. The van der Waals surface area contributed by atoms with Crippen molar-refractivity contribution in [1.82, 2.24) is 0 Å². The Morgan fingerprint density at radius 1 is 1.77 bits per heavy atom. The number of carbonyl (C=O) groups excluding carboxylic acids is 1. The largest absolute Gasteiger partial charge is 0.465 e. The molecule has 13 heavy (non-hydrogen) atoms. The lowest BCUT2D eigenvalue weighted by molar-refractivity contribution is 0.0606. The lowest BCUT2D eigenvalue weighted by atomic mass is 10.3. The molecule has 1 aromatic heterocycles. The number of ether oxygens (including phenoxy) is 1. The Morgan fingerprint density at radius 2 is 2.46 bits per heavy atom. The lowest BCUT2D eigenvalue weighted by Crippen LogP contribution is -2.09. The van der Waals surface area contributed by atoms with Crippen LogP contribution in [0.4, 0.5) is 0 Å². The van der Waals surface area contributed by atoms with E-state index >= 15 is 0 Å². The molecule has 4 nitrogen and oxygen atoms in total. The third-order valence-corrected chi connectivity index (χ3v) is 2.73. The predicted octanol–water partition coefficient (Wildman–Crippen LogP) is 0.527. The molecule has 0 aliphatic carbocycles. The first-order valence-corrected chi connectivity index (χ1v) is 4.57. The molecule has 1 atom stereocenters. The highest BCUT2D eigenvalue weighted by molar-refractivity contribution is 7.14. The van der Waals surface area contributed by atoms with Crippen molar-refractivity contribution in [2.75, 3.05) is 13.7 Å². The summed E-state index contributed by atoms with van der Waals surface area (Å²) in [6.45, 7) is 0.154. The number of esters is 1. The number of thiophene rings is 1. The molecule has 0 aromatic carbocycles. The lowest BCUT2D eigenvalue weighted by Gasteiger charge is -2.02. The molecule has 0 bridgehead atoms. The van der Waals surface area contributed by atoms with Crippen LogP contribution >= 0.6 is 11.3 Å². The molecule has 0 unspecified atom stereocenters. The highest BCUT2D eigenvalue weighted by atomic mass is 32.1. The molecule has 1 heterocycles. The number of aliphatic hydroxyl groups is 1. The van der Waals surface area contributed by atoms with E-state index < -0.39 is 6.10 Å². The number of hydrogen-bond acceptors (Lipinski definition) is 5. The van der Waals surface area contributed by atoms with Crippen molar-refractivity contribution in [3.05, 3.63) is 21.9 Å². The second-order valence-electron chi connectivity index (χ2n) is 2.45. The van der Waals surface area contributed by atoms with Crippen LogP contribution in [0.2, 0.25) is 0 Å². The molecular formula is C8H11NO3S. The zero-order valence-corrected chi connectivity index (χ0v) is 8.00. The Morgan fingerprint density at radius 3 is 3.00 bits per heavy atom. The van der Waals surface area contributed by atoms with E-state index in [1.165, 1.54) is 18.4 Å². The maximum atomic E-state index is 11.0. The van der Waals surface area contributed by atoms with E-state index in [4.69, 9.17) is 5.73 Å². The Labute approximate surface area is 79.9 Å². The van der Waals surface area contributed by atoms with Crippen molar-refractivity contribution in [2.24, 2.45) is 5.73 Å². The Balaban J connectivity index is 2.80. The van der Waals surface area contributed by atoms with E-state index in [0.29, 0.717) is 9.75 Å². The Hall–Kier alpha value is -0.910. The summed E-state index contributed by atoms with van der Waals surface area (Å²) in [6.07, 6.45) is -0.691. The first-order chi connectivity index (χ1) is 6.19. The minimum atomic E-state index is -0.691. The molecule has 0 saturated carbocycles. The average molecular weight is 201 g/mol. The standard InChI is InChI=1S/C8H11NO3S/c1-12-8(11)7-3-2-6(13-7)5(10)4-9/h2-3,5,10H,4,9H2,1H3/t5-/m1/s1. The van der Waals surface area contributed by atoms with E-state index in [-0.39, 0.29) is 12.5 Å². The fraction of sp³-hybridized carbons (Fsp3) is 0.375. The summed E-state index contributed by atoms with van der Waals surface area (Å²) in [5.74, 6) is -0.388.